The fourth-order valence-corrected chi connectivity index (χ4v) is 3.02. The molecule has 0 aromatic carbocycles. The van der Waals surface area contributed by atoms with Gasteiger partial charge in [-0.3, -0.25) is 4.79 Å². The van der Waals surface area contributed by atoms with Gasteiger partial charge in [-0.15, -0.1) is 11.3 Å². The van der Waals surface area contributed by atoms with Crippen LogP contribution in [-0.4, -0.2) is 18.5 Å². The molecule has 1 aromatic rings. The van der Waals surface area contributed by atoms with Crippen molar-refractivity contribution in [3.63, 3.8) is 0 Å². The molecular weight excluding hydrogens is 264 g/mol. The fraction of sp³-hybridized carbons (Fsp3) is 0.500. The smallest absolute Gasteiger partial charge is 0.166 e. The SMILES string of the molecule is O=C(Cc1cc(Br)cs1)C1CCCO1. The van der Waals surface area contributed by atoms with E-state index in [0.29, 0.717) is 6.42 Å². The first kappa shape index (κ1) is 10.3. The lowest BCUT2D eigenvalue weighted by Gasteiger charge is -2.06. The summed E-state index contributed by atoms with van der Waals surface area (Å²) < 4.78 is 6.39. The Morgan fingerprint density at radius 3 is 3.14 bits per heavy atom. The van der Waals surface area contributed by atoms with Crippen LogP contribution in [0.4, 0.5) is 0 Å². The van der Waals surface area contributed by atoms with E-state index in [2.05, 4.69) is 15.9 Å². The second-order valence-corrected chi connectivity index (χ2v) is 5.29. The number of rotatable bonds is 3. The molecule has 1 atom stereocenters. The summed E-state index contributed by atoms with van der Waals surface area (Å²) in [5.74, 6) is 0.219. The molecule has 1 aliphatic rings. The Morgan fingerprint density at radius 1 is 1.71 bits per heavy atom. The first-order chi connectivity index (χ1) is 6.75. The first-order valence-electron chi connectivity index (χ1n) is 4.63. The molecule has 14 heavy (non-hydrogen) atoms. The quantitative estimate of drug-likeness (QED) is 0.848. The number of Topliss-reactive ketones (excluding diaryl/α,β-unsaturated/α-hetero) is 1. The Morgan fingerprint density at radius 2 is 2.57 bits per heavy atom. The van der Waals surface area contributed by atoms with Crippen LogP contribution in [0.3, 0.4) is 0 Å². The van der Waals surface area contributed by atoms with E-state index in [1.165, 1.54) is 0 Å². The summed E-state index contributed by atoms with van der Waals surface area (Å²) in [7, 11) is 0. The minimum Gasteiger partial charge on any atom is -0.370 e. The molecule has 1 saturated heterocycles. The second kappa shape index (κ2) is 4.55. The lowest BCUT2D eigenvalue weighted by molar-refractivity contribution is -0.127. The van der Waals surface area contributed by atoms with E-state index >= 15 is 0 Å². The van der Waals surface area contributed by atoms with E-state index in [4.69, 9.17) is 4.74 Å². The van der Waals surface area contributed by atoms with Gasteiger partial charge < -0.3 is 4.74 Å². The Kier molecular flexibility index (Phi) is 3.36. The van der Waals surface area contributed by atoms with Gasteiger partial charge in [0.1, 0.15) is 6.10 Å². The van der Waals surface area contributed by atoms with Crippen LogP contribution in [0, 0.1) is 0 Å². The summed E-state index contributed by atoms with van der Waals surface area (Å²) >= 11 is 4.99. The van der Waals surface area contributed by atoms with Gasteiger partial charge in [0.15, 0.2) is 5.78 Å². The fourth-order valence-electron chi connectivity index (χ4n) is 1.56. The largest absolute Gasteiger partial charge is 0.370 e. The van der Waals surface area contributed by atoms with Gasteiger partial charge in [0.2, 0.25) is 0 Å². The Balaban J connectivity index is 1.93. The van der Waals surface area contributed by atoms with Crippen molar-refractivity contribution in [2.75, 3.05) is 6.61 Å². The van der Waals surface area contributed by atoms with Gasteiger partial charge in [-0.1, -0.05) is 0 Å². The number of hydrogen-bond donors (Lipinski definition) is 0. The van der Waals surface area contributed by atoms with Gasteiger partial charge in [0, 0.05) is 27.8 Å². The summed E-state index contributed by atoms with van der Waals surface area (Å²) in [6.45, 7) is 0.741. The summed E-state index contributed by atoms with van der Waals surface area (Å²) in [4.78, 5) is 12.8. The zero-order valence-corrected chi connectivity index (χ0v) is 10.1. The maximum absolute atomic E-state index is 11.7. The molecule has 1 aromatic heterocycles. The molecule has 1 aliphatic heterocycles. The highest BCUT2D eigenvalue weighted by atomic mass is 79.9. The van der Waals surface area contributed by atoms with Crippen LogP contribution in [0.25, 0.3) is 0 Å². The topological polar surface area (TPSA) is 26.3 Å². The minimum atomic E-state index is -0.143. The third-order valence-corrected chi connectivity index (χ3v) is 3.96. The molecule has 0 saturated carbocycles. The van der Waals surface area contributed by atoms with Crippen molar-refractivity contribution in [2.45, 2.75) is 25.4 Å². The summed E-state index contributed by atoms with van der Waals surface area (Å²) in [5.41, 5.74) is 0. The number of halogens is 1. The average molecular weight is 275 g/mol. The van der Waals surface area contributed by atoms with Crippen LogP contribution in [0.15, 0.2) is 15.9 Å². The standard InChI is InChI=1S/C10H11BrO2S/c11-7-4-8(14-6-7)5-9(12)10-2-1-3-13-10/h4,6,10H,1-3,5H2. The number of carbonyl (C=O) groups excluding carboxylic acids is 1. The molecule has 0 N–H and O–H groups in total. The zero-order valence-electron chi connectivity index (χ0n) is 7.66. The van der Waals surface area contributed by atoms with Crippen molar-refractivity contribution in [3.8, 4) is 0 Å². The molecule has 0 bridgehead atoms. The third kappa shape index (κ3) is 2.43. The van der Waals surface area contributed by atoms with Crippen LogP contribution in [-0.2, 0) is 16.0 Å². The normalized spacial score (nSPS) is 21.4. The van der Waals surface area contributed by atoms with Crippen LogP contribution in [0.5, 0.6) is 0 Å². The molecule has 1 fully saturated rings. The maximum atomic E-state index is 11.7. The van der Waals surface area contributed by atoms with E-state index in [0.717, 1.165) is 28.8 Å². The van der Waals surface area contributed by atoms with Crippen LogP contribution in [0.1, 0.15) is 17.7 Å². The van der Waals surface area contributed by atoms with Crippen molar-refractivity contribution in [1.82, 2.24) is 0 Å². The van der Waals surface area contributed by atoms with Crippen molar-refractivity contribution in [1.29, 1.82) is 0 Å². The average Bonchev–Trinajstić information content (AvgIpc) is 2.75. The first-order valence-corrected chi connectivity index (χ1v) is 6.30. The molecule has 0 amide bonds. The van der Waals surface area contributed by atoms with Gasteiger partial charge in [-0.25, -0.2) is 0 Å². The van der Waals surface area contributed by atoms with E-state index in [-0.39, 0.29) is 11.9 Å². The van der Waals surface area contributed by atoms with Crippen molar-refractivity contribution < 1.29 is 9.53 Å². The molecule has 2 rings (SSSR count). The molecule has 0 spiro atoms. The molecule has 4 heteroatoms. The highest BCUT2D eigenvalue weighted by molar-refractivity contribution is 9.10. The lowest BCUT2D eigenvalue weighted by Crippen LogP contribution is -2.20. The Hall–Kier alpha value is -0.190. The molecule has 2 nitrogen and oxygen atoms in total. The maximum Gasteiger partial charge on any atom is 0.166 e. The summed E-state index contributed by atoms with van der Waals surface area (Å²) in [6.07, 6.45) is 2.28. The van der Waals surface area contributed by atoms with E-state index in [1.54, 1.807) is 11.3 Å². The highest BCUT2D eigenvalue weighted by Crippen LogP contribution is 2.22. The van der Waals surface area contributed by atoms with Crippen LogP contribution in [0.2, 0.25) is 0 Å². The van der Waals surface area contributed by atoms with Crippen molar-refractivity contribution in [3.05, 3.63) is 20.8 Å². The molecule has 2 heterocycles. The number of ketones is 1. The van der Waals surface area contributed by atoms with Gasteiger partial charge in [-0.05, 0) is 34.8 Å². The van der Waals surface area contributed by atoms with Crippen LogP contribution >= 0.6 is 27.3 Å². The summed E-state index contributed by atoms with van der Waals surface area (Å²) in [6, 6.07) is 2.00. The second-order valence-electron chi connectivity index (χ2n) is 3.38. The van der Waals surface area contributed by atoms with Gasteiger partial charge >= 0.3 is 0 Å². The molecule has 76 valence electrons. The molecular formula is C10H11BrO2S. The summed E-state index contributed by atoms with van der Waals surface area (Å²) in [5, 5.41) is 2.00. The number of thiophene rings is 1. The number of ether oxygens (including phenoxy) is 1. The van der Waals surface area contributed by atoms with E-state index < -0.39 is 0 Å². The zero-order chi connectivity index (χ0) is 9.97. The van der Waals surface area contributed by atoms with E-state index in [9.17, 15) is 4.79 Å². The molecule has 0 radical (unpaired) electrons. The molecule has 0 aliphatic carbocycles. The minimum absolute atomic E-state index is 0.143. The van der Waals surface area contributed by atoms with Gasteiger partial charge in [-0.2, -0.15) is 0 Å². The molecule has 1 unspecified atom stereocenters. The number of hydrogen-bond acceptors (Lipinski definition) is 3. The Labute approximate surface area is 95.4 Å². The van der Waals surface area contributed by atoms with Crippen molar-refractivity contribution in [2.24, 2.45) is 0 Å². The van der Waals surface area contributed by atoms with Crippen LogP contribution < -0.4 is 0 Å². The third-order valence-electron chi connectivity index (χ3n) is 2.26. The number of carbonyl (C=O) groups is 1. The monoisotopic (exact) mass is 274 g/mol. The lowest BCUT2D eigenvalue weighted by atomic mass is 10.1. The van der Waals surface area contributed by atoms with E-state index in [1.807, 2.05) is 11.4 Å². The predicted octanol–water partition coefficient (Wildman–Crippen LogP) is 2.80. The predicted molar refractivity (Wildman–Crippen MR) is 59.7 cm³/mol. The van der Waals surface area contributed by atoms with Gasteiger partial charge in [0.05, 0.1) is 0 Å². The van der Waals surface area contributed by atoms with Crippen molar-refractivity contribution >= 4 is 33.0 Å². The highest BCUT2D eigenvalue weighted by Gasteiger charge is 2.23. The Bertz CT molecular complexity index is 329. The van der Waals surface area contributed by atoms with Gasteiger partial charge in [0.25, 0.3) is 0 Å².